The first-order chi connectivity index (χ1) is 7.81. The van der Waals surface area contributed by atoms with Crippen LogP contribution in [0.15, 0.2) is 24.5 Å². The van der Waals surface area contributed by atoms with E-state index in [9.17, 15) is 4.79 Å². The molecule has 78 valence electrons. The van der Waals surface area contributed by atoms with Crippen molar-refractivity contribution in [2.24, 2.45) is 0 Å². The van der Waals surface area contributed by atoms with Crippen molar-refractivity contribution in [2.45, 2.75) is 6.42 Å². The number of nitrogen functional groups attached to an aromatic ring is 1. The fraction of sp³-hybridized carbons (Fsp3) is 0.0833. The molecule has 4 heteroatoms. The van der Waals surface area contributed by atoms with E-state index in [1.165, 1.54) is 6.33 Å². The van der Waals surface area contributed by atoms with Crippen molar-refractivity contribution in [1.29, 1.82) is 0 Å². The largest absolute Gasteiger partial charge is 0.383 e. The summed E-state index contributed by atoms with van der Waals surface area (Å²) < 4.78 is 0. The van der Waals surface area contributed by atoms with Crippen LogP contribution in [0, 0.1) is 11.8 Å². The van der Waals surface area contributed by atoms with Crippen molar-refractivity contribution >= 4 is 23.0 Å². The molecule has 1 aromatic heterocycles. The minimum atomic E-state index is 0.235. The monoisotopic (exact) mass is 211 g/mol. The molecule has 4 nitrogen and oxygen atoms in total. The van der Waals surface area contributed by atoms with Crippen molar-refractivity contribution in [3.8, 4) is 11.8 Å². The summed E-state index contributed by atoms with van der Waals surface area (Å²) in [4.78, 5) is 18.1. The zero-order valence-corrected chi connectivity index (χ0v) is 8.47. The van der Waals surface area contributed by atoms with Crippen LogP contribution in [-0.2, 0) is 4.79 Å². The number of hydrogen-bond donors (Lipinski definition) is 1. The average molecular weight is 211 g/mol. The Hall–Kier alpha value is -2.41. The number of rotatable bonds is 1. The first kappa shape index (κ1) is 10.1. The van der Waals surface area contributed by atoms with Crippen LogP contribution in [0.5, 0.6) is 0 Å². The van der Waals surface area contributed by atoms with Gasteiger partial charge in [0, 0.05) is 10.9 Å². The van der Waals surface area contributed by atoms with E-state index in [0.29, 0.717) is 5.82 Å². The highest BCUT2D eigenvalue weighted by Gasteiger charge is 1.99. The molecule has 0 fully saturated rings. The quantitative estimate of drug-likeness (QED) is 0.567. The molecule has 1 aromatic carbocycles. The van der Waals surface area contributed by atoms with E-state index in [1.807, 2.05) is 18.2 Å². The lowest BCUT2D eigenvalue weighted by Crippen LogP contribution is -1.93. The lowest BCUT2D eigenvalue weighted by Gasteiger charge is -1.99. The van der Waals surface area contributed by atoms with Gasteiger partial charge in [0.2, 0.25) is 0 Å². The fourth-order valence-corrected chi connectivity index (χ4v) is 1.35. The van der Waals surface area contributed by atoms with Gasteiger partial charge >= 0.3 is 0 Å². The Morgan fingerprint density at radius 3 is 3.06 bits per heavy atom. The van der Waals surface area contributed by atoms with Gasteiger partial charge in [-0.05, 0) is 18.2 Å². The highest BCUT2D eigenvalue weighted by molar-refractivity contribution is 5.88. The Morgan fingerprint density at radius 1 is 1.38 bits per heavy atom. The van der Waals surface area contributed by atoms with Gasteiger partial charge in [-0.15, -0.1) is 0 Å². The first-order valence-electron chi connectivity index (χ1n) is 4.74. The van der Waals surface area contributed by atoms with E-state index in [2.05, 4.69) is 21.8 Å². The maximum absolute atomic E-state index is 10.1. The van der Waals surface area contributed by atoms with Crippen molar-refractivity contribution in [1.82, 2.24) is 9.97 Å². The summed E-state index contributed by atoms with van der Waals surface area (Å²) in [5.74, 6) is 6.04. The summed E-state index contributed by atoms with van der Waals surface area (Å²) in [5, 5.41) is 0.778. The number of nitrogens with two attached hydrogens (primary N) is 1. The highest BCUT2D eigenvalue weighted by atomic mass is 16.1. The van der Waals surface area contributed by atoms with Crippen molar-refractivity contribution in [3.63, 3.8) is 0 Å². The number of hydrogen-bond acceptors (Lipinski definition) is 4. The summed E-state index contributed by atoms with van der Waals surface area (Å²) >= 11 is 0. The third-order valence-electron chi connectivity index (χ3n) is 2.08. The van der Waals surface area contributed by atoms with Crippen LogP contribution in [-0.4, -0.2) is 16.3 Å². The lowest BCUT2D eigenvalue weighted by atomic mass is 10.1. The zero-order valence-electron chi connectivity index (χ0n) is 8.47. The summed E-state index contributed by atoms with van der Waals surface area (Å²) in [6.07, 6.45) is 2.43. The molecule has 0 aliphatic heterocycles. The van der Waals surface area contributed by atoms with E-state index in [4.69, 9.17) is 5.73 Å². The van der Waals surface area contributed by atoms with Gasteiger partial charge in [-0.25, -0.2) is 9.97 Å². The summed E-state index contributed by atoms with van der Waals surface area (Å²) in [6.45, 7) is 0. The molecule has 0 spiro atoms. The minimum absolute atomic E-state index is 0.235. The Kier molecular flexibility index (Phi) is 2.79. The highest BCUT2D eigenvalue weighted by Crippen LogP contribution is 2.17. The van der Waals surface area contributed by atoms with Gasteiger partial charge in [0.1, 0.15) is 18.4 Å². The number of aromatic nitrogens is 2. The lowest BCUT2D eigenvalue weighted by molar-refractivity contribution is -0.107. The Balaban J connectivity index is 2.48. The minimum Gasteiger partial charge on any atom is -0.383 e. The van der Waals surface area contributed by atoms with Gasteiger partial charge in [-0.2, -0.15) is 0 Å². The second-order valence-electron chi connectivity index (χ2n) is 3.16. The molecular weight excluding hydrogens is 202 g/mol. The molecule has 0 aliphatic carbocycles. The molecule has 2 rings (SSSR count). The molecule has 0 atom stereocenters. The number of carbonyl (C=O) groups excluding carboxylic acids is 1. The first-order valence-corrected chi connectivity index (χ1v) is 4.74. The number of benzene rings is 1. The Labute approximate surface area is 92.5 Å². The van der Waals surface area contributed by atoms with Crippen LogP contribution in [0.4, 0.5) is 5.82 Å². The van der Waals surface area contributed by atoms with Crippen LogP contribution >= 0.6 is 0 Å². The molecule has 0 radical (unpaired) electrons. The maximum Gasteiger partial charge on any atom is 0.134 e. The predicted octanol–water partition coefficient (Wildman–Crippen LogP) is 1.15. The van der Waals surface area contributed by atoms with Crippen LogP contribution in [0.2, 0.25) is 0 Å². The van der Waals surface area contributed by atoms with E-state index >= 15 is 0 Å². The second-order valence-corrected chi connectivity index (χ2v) is 3.16. The van der Waals surface area contributed by atoms with Gasteiger partial charge in [-0.3, -0.25) is 0 Å². The standard InChI is InChI=1S/C12H9N3O/c13-12-10-7-9(3-1-2-6-16)4-5-11(10)14-8-15-12/h4-8H,2H2,(H2,13,14,15). The van der Waals surface area contributed by atoms with Gasteiger partial charge in [0.05, 0.1) is 11.9 Å². The van der Waals surface area contributed by atoms with Crippen LogP contribution in [0.3, 0.4) is 0 Å². The molecular formula is C12H9N3O. The number of anilines is 1. The maximum atomic E-state index is 10.1. The van der Waals surface area contributed by atoms with Crippen LogP contribution in [0.25, 0.3) is 10.9 Å². The second kappa shape index (κ2) is 4.41. The summed E-state index contributed by atoms with van der Waals surface area (Å²) in [6, 6.07) is 5.49. The molecule has 0 bridgehead atoms. The average Bonchev–Trinajstić information content (AvgIpc) is 2.30. The zero-order chi connectivity index (χ0) is 11.4. The third-order valence-corrected chi connectivity index (χ3v) is 2.08. The molecule has 2 aromatic rings. The van der Waals surface area contributed by atoms with Crippen molar-refractivity contribution < 1.29 is 4.79 Å². The Morgan fingerprint density at radius 2 is 2.25 bits per heavy atom. The third kappa shape index (κ3) is 1.98. The van der Waals surface area contributed by atoms with Gasteiger partial charge < -0.3 is 10.5 Å². The molecule has 16 heavy (non-hydrogen) atoms. The number of aldehydes is 1. The van der Waals surface area contributed by atoms with E-state index < -0.39 is 0 Å². The molecule has 0 saturated carbocycles. The Bertz CT molecular complexity index is 596. The van der Waals surface area contributed by atoms with E-state index in [-0.39, 0.29) is 6.42 Å². The molecule has 0 aliphatic rings. The van der Waals surface area contributed by atoms with E-state index in [1.54, 1.807) is 0 Å². The number of fused-ring (bicyclic) bond motifs is 1. The molecule has 1 heterocycles. The van der Waals surface area contributed by atoms with Crippen LogP contribution in [0.1, 0.15) is 12.0 Å². The SMILES string of the molecule is Nc1ncnc2ccc(C#CCC=O)cc12. The van der Waals surface area contributed by atoms with Crippen molar-refractivity contribution in [2.75, 3.05) is 5.73 Å². The molecule has 0 amide bonds. The predicted molar refractivity (Wildman–Crippen MR) is 61.5 cm³/mol. The van der Waals surface area contributed by atoms with Gasteiger partial charge in [0.15, 0.2) is 0 Å². The summed E-state index contributed by atoms with van der Waals surface area (Å²) in [7, 11) is 0. The topological polar surface area (TPSA) is 68.9 Å². The van der Waals surface area contributed by atoms with Gasteiger partial charge in [-0.1, -0.05) is 11.8 Å². The van der Waals surface area contributed by atoms with Gasteiger partial charge in [0.25, 0.3) is 0 Å². The number of carbonyl (C=O) groups is 1. The molecule has 0 saturated heterocycles. The smallest absolute Gasteiger partial charge is 0.134 e. The van der Waals surface area contributed by atoms with Crippen LogP contribution < -0.4 is 5.73 Å². The molecule has 0 unspecified atom stereocenters. The number of nitrogens with zero attached hydrogens (tertiary/aromatic N) is 2. The van der Waals surface area contributed by atoms with Crippen molar-refractivity contribution in [3.05, 3.63) is 30.1 Å². The molecule has 2 N–H and O–H groups in total. The summed E-state index contributed by atoms with van der Waals surface area (Å²) in [5.41, 5.74) is 7.31. The normalized spacial score (nSPS) is 9.50. The fourth-order valence-electron chi connectivity index (χ4n) is 1.35. The van der Waals surface area contributed by atoms with E-state index in [0.717, 1.165) is 22.8 Å².